The molecule has 0 spiro atoms. The van der Waals surface area contributed by atoms with Gasteiger partial charge in [0.05, 0.1) is 11.7 Å². The minimum atomic E-state index is -0.000380. The minimum absolute atomic E-state index is 0.000380. The number of anilines is 3. The minimum Gasteiger partial charge on any atom is -0.456 e. The average Bonchev–Trinajstić information content (AvgIpc) is 3.63. The highest BCUT2D eigenvalue weighted by molar-refractivity contribution is 6.20. The van der Waals surface area contributed by atoms with Crippen molar-refractivity contribution in [3.8, 4) is 22.3 Å². The SMILES string of the molecule is C1=CC2=C(c3ccccc3)N=C(c3cc(-c4ccc(N(c5ccccc5)c5ccc(-c6ccccc6)cc5)cc4)cc4oc5ccccc5c34)NC2C=C1. The molecular weight excluding hydrogens is 659 g/mol. The number of benzene rings is 7. The first-order valence-corrected chi connectivity index (χ1v) is 18.3. The van der Waals surface area contributed by atoms with Gasteiger partial charge in [-0.05, 0) is 76.9 Å². The quantitative estimate of drug-likeness (QED) is 0.181. The van der Waals surface area contributed by atoms with Crippen LogP contribution in [0.4, 0.5) is 17.1 Å². The second kappa shape index (κ2) is 13.4. The van der Waals surface area contributed by atoms with E-state index >= 15 is 0 Å². The number of nitrogens with one attached hydrogen (secondary N) is 1. The Morgan fingerprint density at radius 1 is 0.500 bits per heavy atom. The summed E-state index contributed by atoms with van der Waals surface area (Å²) in [7, 11) is 0. The Morgan fingerprint density at radius 3 is 1.78 bits per heavy atom. The van der Waals surface area contributed by atoms with Crippen LogP contribution in [0.15, 0.2) is 215 Å². The van der Waals surface area contributed by atoms with E-state index in [2.05, 4.69) is 192 Å². The lowest BCUT2D eigenvalue weighted by atomic mass is 9.92. The van der Waals surface area contributed by atoms with Crippen molar-refractivity contribution < 1.29 is 4.42 Å². The molecular formula is C50H35N3O. The van der Waals surface area contributed by atoms with Gasteiger partial charge in [-0.15, -0.1) is 0 Å². The van der Waals surface area contributed by atoms with E-state index in [9.17, 15) is 0 Å². The highest BCUT2D eigenvalue weighted by Crippen LogP contribution is 2.40. The summed E-state index contributed by atoms with van der Waals surface area (Å²) in [5.41, 5.74) is 13.7. The fourth-order valence-corrected chi connectivity index (χ4v) is 7.68. The van der Waals surface area contributed by atoms with Crippen molar-refractivity contribution in [1.82, 2.24) is 5.32 Å². The van der Waals surface area contributed by atoms with Gasteiger partial charge >= 0.3 is 0 Å². The van der Waals surface area contributed by atoms with Gasteiger partial charge in [-0.2, -0.15) is 0 Å². The summed E-state index contributed by atoms with van der Waals surface area (Å²) in [4.78, 5) is 7.66. The predicted octanol–water partition coefficient (Wildman–Crippen LogP) is 12.6. The van der Waals surface area contributed by atoms with Crippen LogP contribution in [0.25, 0.3) is 49.9 Å². The third-order valence-electron chi connectivity index (χ3n) is 10.3. The summed E-state index contributed by atoms with van der Waals surface area (Å²) in [6.45, 7) is 0. The normalized spacial score (nSPS) is 14.9. The van der Waals surface area contributed by atoms with Crippen molar-refractivity contribution in [3.05, 3.63) is 217 Å². The van der Waals surface area contributed by atoms with E-state index in [1.807, 2.05) is 18.2 Å². The van der Waals surface area contributed by atoms with E-state index < -0.39 is 0 Å². The number of furan rings is 1. The molecule has 0 bridgehead atoms. The summed E-state index contributed by atoms with van der Waals surface area (Å²) in [5, 5.41) is 5.90. The zero-order chi connectivity index (χ0) is 35.8. The second-order valence-electron chi connectivity index (χ2n) is 13.6. The fraction of sp³-hybridized carbons (Fsp3) is 0.0200. The number of hydrogen-bond donors (Lipinski definition) is 1. The van der Waals surface area contributed by atoms with Crippen LogP contribution in [0.2, 0.25) is 0 Å². The molecule has 0 radical (unpaired) electrons. The zero-order valence-corrected chi connectivity index (χ0v) is 29.4. The number of nitrogens with zero attached hydrogens (tertiary/aromatic N) is 2. The fourth-order valence-electron chi connectivity index (χ4n) is 7.68. The van der Waals surface area contributed by atoms with Crippen LogP contribution in [0, 0.1) is 0 Å². The molecule has 1 aliphatic heterocycles. The van der Waals surface area contributed by atoms with Crippen LogP contribution >= 0.6 is 0 Å². The molecule has 7 aromatic carbocycles. The summed E-state index contributed by atoms with van der Waals surface area (Å²) < 4.78 is 6.56. The Bertz CT molecular complexity index is 2760. The lowest BCUT2D eigenvalue weighted by Crippen LogP contribution is -2.39. The Balaban J connectivity index is 1.08. The molecule has 0 saturated carbocycles. The van der Waals surface area contributed by atoms with Crippen molar-refractivity contribution in [2.24, 2.45) is 4.99 Å². The van der Waals surface area contributed by atoms with Crippen LogP contribution in [-0.4, -0.2) is 11.9 Å². The number of rotatable bonds is 7. The standard InChI is InChI=1S/C50H35N3O/c1-4-14-34(15-5-1)35-24-28-40(29-25-35)53(39-18-8-3-9-19-39)41-30-26-36(27-31-41)38-32-44(48-43-21-11-13-23-46(43)54-47(48)33-38)50-51-45-22-12-10-20-42(45)49(52-50)37-16-6-2-7-17-37/h1-33,45H,(H,51,52). The predicted molar refractivity (Wildman–Crippen MR) is 224 cm³/mol. The van der Waals surface area contributed by atoms with Crippen molar-refractivity contribution in [2.45, 2.75) is 6.04 Å². The lowest BCUT2D eigenvalue weighted by Gasteiger charge is -2.28. The number of fused-ring (bicyclic) bond motifs is 4. The molecule has 1 N–H and O–H groups in total. The number of para-hydroxylation sites is 2. The van der Waals surface area contributed by atoms with Crippen LogP contribution in [-0.2, 0) is 0 Å². The average molecular weight is 694 g/mol. The third-order valence-corrected chi connectivity index (χ3v) is 10.3. The van der Waals surface area contributed by atoms with Crippen molar-refractivity contribution in [2.75, 3.05) is 4.90 Å². The van der Waals surface area contributed by atoms with Crippen LogP contribution in [0.1, 0.15) is 11.1 Å². The van der Waals surface area contributed by atoms with E-state index in [1.54, 1.807) is 0 Å². The molecule has 8 aromatic rings. The Morgan fingerprint density at radius 2 is 1.07 bits per heavy atom. The molecule has 1 unspecified atom stereocenters. The van der Waals surface area contributed by atoms with Crippen LogP contribution in [0.3, 0.4) is 0 Å². The van der Waals surface area contributed by atoms with Gasteiger partial charge in [0.15, 0.2) is 0 Å². The maximum Gasteiger partial charge on any atom is 0.136 e. The van der Waals surface area contributed by atoms with E-state index in [4.69, 9.17) is 9.41 Å². The maximum absolute atomic E-state index is 6.56. The monoisotopic (exact) mass is 693 g/mol. The summed E-state index contributed by atoms with van der Waals surface area (Å²) in [6.07, 6.45) is 8.55. The molecule has 4 heteroatoms. The molecule has 4 nitrogen and oxygen atoms in total. The van der Waals surface area contributed by atoms with Crippen molar-refractivity contribution >= 4 is 50.5 Å². The van der Waals surface area contributed by atoms with Crippen molar-refractivity contribution in [3.63, 3.8) is 0 Å². The number of hydrogen-bond acceptors (Lipinski definition) is 4. The number of aliphatic imine (C=N–C) groups is 1. The Hall–Kier alpha value is -7.17. The first kappa shape index (κ1) is 31.6. The van der Waals surface area contributed by atoms with Crippen LogP contribution in [0.5, 0.6) is 0 Å². The van der Waals surface area contributed by atoms with E-state index in [-0.39, 0.29) is 6.04 Å². The van der Waals surface area contributed by atoms with E-state index in [0.29, 0.717) is 0 Å². The largest absolute Gasteiger partial charge is 0.456 e. The van der Waals surface area contributed by atoms with Gasteiger partial charge in [0.25, 0.3) is 0 Å². The molecule has 0 saturated heterocycles. The smallest absolute Gasteiger partial charge is 0.136 e. The Kier molecular flexibility index (Phi) is 7.85. The number of allylic oxidation sites excluding steroid dienone is 2. The van der Waals surface area contributed by atoms with E-state index in [1.165, 1.54) is 11.1 Å². The zero-order valence-electron chi connectivity index (χ0n) is 29.4. The maximum atomic E-state index is 6.56. The first-order valence-electron chi connectivity index (χ1n) is 18.3. The number of amidine groups is 1. The molecule has 54 heavy (non-hydrogen) atoms. The highest BCUT2D eigenvalue weighted by atomic mass is 16.3. The molecule has 2 aliphatic rings. The van der Waals surface area contributed by atoms with Crippen molar-refractivity contribution in [1.29, 1.82) is 0 Å². The van der Waals surface area contributed by atoms with Gasteiger partial charge in [-0.25, -0.2) is 4.99 Å². The van der Waals surface area contributed by atoms with Gasteiger partial charge in [-0.3, -0.25) is 0 Å². The van der Waals surface area contributed by atoms with Gasteiger partial charge in [0.2, 0.25) is 0 Å². The molecule has 2 heterocycles. The highest BCUT2D eigenvalue weighted by Gasteiger charge is 2.27. The molecule has 10 rings (SSSR count). The van der Waals surface area contributed by atoms with Gasteiger partial charge < -0.3 is 14.6 Å². The van der Waals surface area contributed by atoms with Gasteiger partial charge in [-0.1, -0.05) is 146 Å². The lowest BCUT2D eigenvalue weighted by molar-refractivity contribution is 0.669. The molecule has 256 valence electrons. The van der Waals surface area contributed by atoms with E-state index in [0.717, 1.165) is 78.4 Å². The Labute approximate surface area is 314 Å². The topological polar surface area (TPSA) is 40.8 Å². The van der Waals surface area contributed by atoms with Gasteiger partial charge in [0.1, 0.15) is 17.0 Å². The third kappa shape index (κ3) is 5.71. The first-order chi connectivity index (χ1) is 26.8. The molecule has 1 atom stereocenters. The van der Waals surface area contributed by atoms with Crippen LogP contribution < -0.4 is 10.2 Å². The summed E-state index contributed by atoms with van der Waals surface area (Å²) in [5.74, 6) is 0.826. The molecule has 1 aromatic heterocycles. The van der Waals surface area contributed by atoms with Gasteiger partial charge in [0, 0.05) is 44.5 Å². The molecule has 0 amide bonds. The summed E-state index contributed by atoms with van der Waals surface area (Å²) >= 11 is 0. The molecule has 1 aliphatic carbocycles. The summed E-state index contributed by atoms with van der Waals surface area (Å²) in [6, 6.07) is 61.8. The second-order valence-corrected chi connectivity index (χ2v) is 13.6. The molecule has 0 fully saturated rings.